The van der Waals surface area contributed by atoms with Crippen LogP contribution in [0.2, 0.25) is 0 Å². The van der Waals surface area contributed by atoms with E-state index in [1.807, 2.05) is 0 Å². The molecule has 1 N–H and O–H groups in total. The summed E-state index contributed by atoms with van der Waals surface area (Å²) in [6, 6.07) is 7.31. The summed E-state index contributed by atoms with van der Waals surface area (Å²) >= 11 is 0. The van der Waals surface area contributed by atoms with Crippen molar-refractivity contribution in [3.05, 3.63) is 35.1 Å². The normalized spacial score (nSPS) is 18.6. The maximum Gasteiger partial charge on any atom is 0.126 e. The Morgan fingerprint density at radius 1 is 1.26 bits per heavy atom. The van der Waals surface area contributed by atoms with Gasteiger partial charge in [0.15, 0.2) is 0 Å². The molecule has 19 heavy (non-hydrogen) atoms. The molecule has 0 amide bonds. The fourth-order valence-corrected chi connectivity index (χ4v) is 2.74. The molecular weight excluding hydrogens is 239 g/mol. The van der Waals surface area contributed by atoms with Gasteiger partial charge in [-0.1, -0.05) is 37.8 Å². The predicted octanol–water partition coefficient (Wildman–Crippen LogP) is 4.01. The van der Waals surface area contributed by atoms with Crippen molar-refractivity contribution in [2.45, 2.75) is 57.5 Å². The number of rotatable bonds is 3. The molecule has 1 aliphatic rings. The lowest BCUT2D eigenvalue weighted by molar-refractivity contribution is 0.436. The van der Waals surface area contributed by atoms with Gasteiger partial charge < -0.3 is 0 Å². The smallest absolute Gasteiger partial charge is 0.126 e. The Labute approximate surface area is 114 Å². The summed E-state index contributed by atoms with van der Waals surface area (Å²) < 4.78 is 13.3. The van der Waals surface area contributed by atoms with Crippen LogP contribution in [0.3, 0.4) is 0 Å². The summed E-state index contributed by atoms with van der Waals surface area (Å²) in [5.74, 6) is -0.213. The summed E-state index contributed by atoms with van der Waals surface area (Å²) in [7, 11) is 0. The molecule has 1 unspecified atom stereocenters. The fraction of sp³-hybridized carbons (Fsp3) is 0.562. The van der Waals surface area contributed by atoms with Gasteiger partial charge in [-0.3, -0.25) is 5.32 Å². The minimum atomic E-state index is -0.331. The van der Waals surface area contributed by atoms with Gasteiger partial charge in [0.05, 0.1) is 6.07 Å². The molecule has 0 radical (unpaired) electrons. The van der Waals surface area contributed by atoms with Gasteiger partial charge in [0.25, 0.3) is 0 Å². The lowest BCUT2D eigenvalue weighted by atomic mass is 10.0. The minimum absolute atomic E-state index is 0.213. The summed E-state index contributed by atoms with van der Waals surface area (Å²) in [6.07, 6.45) is 7.34. The molecular formula is C16H21FN2. The van der Waals surface area contributed by atoms with Crippen molar-refractivity contribution in [1.82, 2.24) is 5.32 Å². The molecule has 1 saturated carbocycles. The van der Waals surface area contributed by atoms with Crippen LogP contribution >= 0.6 is 0 Å². The van der Waals surface area contributed by atoms with E-state index in [0.717, 1.165) is 18.4 Å². The predicted molar refractivity (Wildman–Crippen MR) is 74.1 cm³/mol. The van der Waals surface area contributed by atoms with E-state index >= 15 is 0 Å². The Morgan fingerprint density at radius 3 is 2.53 bits per heavy atom. The van der Waals surface area contributed by atoms with E-state index in [2.05, 4.69) is 11.4 Å². The number of halogens is 1. The van der Waals surface area contributed by atoms with Crippen molar-refractivity contribution in [2.75, 3.05) is 0 Å². The monoisotopic (exact) mass is 260 g/mol. The van der Waals surface area contributed by atoms with Crippen molar-refractivity contribution in [3.8, 4) is 6.07 Å². The fourth-order valence-electron chi connectivity index (χ4n) is 2.74. The number of nitrogens with one attached hydrogen (secondary N) is 1. The number of nitriles is 1. The van der Waals surface area contributed by atoms with Crippen LogP contribution in [0.15, 0.2) is 18.2 Å². The molecule has 1 aliphatic carbocycles. The number of hydrogen-bond acceptors (Lipinski definition) is 2. The second kappa shape index (κ2) is 6.68. The molecule has 1 atom stereocenters. The van der Waals surface area contributed by atoms with Crippen molar-refractivity contribution in [3.63, 3.8) is 0 Å². The van der Waals surface area contributed by atoms with Gasteiger partial charge in [0.1, 0.15) is 11.9 Å². The number of nitrogens with zero attached hydrogens (tertiary/aromatic N) is 1. The molecule has 1 aromatic carbocycles. The van der Waals surface area contributed by atoms with Crippen LogP contribution in [0.1, 0.15) is 55.7 Å². The zero-order chi connectivity index (χ0) is 13.7. The van der Waals surface area contributed by atoms with Crippen LogP contribution in [-0.2, 0) is 0 Å². The number of hydrogen-bond donors (Lipinski definition) is 1. The first-order chi connectivity index (χ1) is 9.20. The number of aryl methyl sites for hydroxylation is 1. The van der Waals surface area contributed by atoms with Crippen LogP contribution in [0.25, 0.3) is 0 Å². The SMILES string of the molecule is Cc1cc(C(C#N)NC2CCCCCC2)ccc1F. The maximum atomic E-state index is 13.3. The van der Waals surface area contributed by atoms with Gasteiger partial charge >= 0.3 is 0 Å². The highest BCUT2D eigenvalue weighted by Crippen LogP contribution is 2.22. The Morgan fingerprint density at radius 2 is 1.95 bits per heavy atom. The van der Waals surface area contributed by atoms with Crippen molar-refractivity contribution in [1.29, 1.82) is 5.26 Å². The van der Waals surface area contributed by atoms with Gasteiger partial charge in [0.2, 0.25) is 0 Å². The molecule has 0 saturated heterocycles. The zero-order valence-corrected chi connectivity index (χ0v) is 11.5. The van der Waals surface area contributed by atoms with E-state index in [4.69, 9.17) is 0 Å². The third kappa shape index (κ3) is 3.78. The van der Waals surface area contributed by atoms with E-state index in [1.165, 1.54) is 31.7 Å². The quantitative estimate of drug-likeness (QED) is 0.833. The topological polar surface area (TPSA) is 35.8 Å². The van der Waals surface area contributed by atoms with Gasteiger partial charge in [-0.25, -0.2) is 4.39 Å². The lowest BCUT2D eigenvalue weighted by Crippen LogP contribution is -2.31. The lowest BCUT2D eigenvalue weighted by Gasteiger charge is -2.20. The first-order valence-electron chi connectivity index (χ1n) is 7.12. The molecule has 0 bridgehead atoms. The highest BCUT2D eigenvalue weighted by molar-refractivity contribution is 5.29. The average Bonchev–Trinajstić information content (AvgIpc) is 2.68. The molecule has 0 aromatic heterocycles. The van der Waals surface area contributed by atoms with Crippen LogP contribution in [0, 0.1) is 24.1 Å². The minimum Gasteiger partial charge on any atom is -0.295 e. The highest BCUT2D eigenvalue weighted by atomic mass is 19.1. The van der Waals surface area contributed by atoms with Crippen LogP contribution in [-0.4, -0.2) is 6.04 Å². The molecule has 0 heterocycles. The summed E-state index contributed by atoms with van der Waals surface area (Å²) in [6.45, 7) is 1.74. The van der Waals surface area contributed by atoms with E-state index in [1.54, 1.807) is 19.1 Å². The van der Waals surface area contributed by atoms with E-state index < -0.39 is 0 Å². The molecule has 0 spiro atoms. The molecule has 3 heteroatoms. The summed E-state index contributed by atoms with van der Waals surface area (Å²) in [5, 5.41) is 12.8. The van der Waals surface area contributed by atoms with Crippen molar-refractivity contribution in [2.24, 2.45) is 0 Å². The Balaban J connectivity index is 2.06. The second-order valence-electron chi connectivity index (χ2n) is 5.43. The van der Waals surface area contributed by atoms with E-state index in [0.29, 0.717) is 11.6 Å². The third-order valence-corrected chi connectivity index (χ3v) is 3.90. The van der Waals surface area contributed by atoms with Gasteiger partial charge in [-0.15, -0.1) is 0 Å². The molecule has 2 nitrogen and oxygen atoms in total. The van der Waals surface area contributed by atoms with Crippen molar-refractivity contribution < 1.29 is 4.39 Å². The number of benzene rings is 1. The Bertz CT molecular complexity index is 456. The molecule has 102 valence electrons. The largest absolute Gasteiger partial charge is 0.295 e. The molecule has 1 aromatic rings. The second-order valence-corrected chi connectivity index (χ2v) is 5.43. The summed E-state index contributed by atoms with van der Waals surface area (Å²) in [4.78, 5) is 0. The third-order valence-electron chi connectivity index (χ3n) is 3.90. The first-order valence-corrected chi connectivity index (χ1v) is 7.12. The zero-order valence-electron chi connectivity index (χ0n) is 11.5. The Hall–Kier alpha value is -1.40. The summed E-state index contributed by atoms with van der Waals surface area (Å²) in [5.41, 5.74) is 1.46. The van der Waals surface area contributed by atoms with Crippen LogP contribution in [0.5, 0.6) is 0 Å². The standard InChI is InChI=1S/C16H21FN2/c1-12-10-13(8-9-15(12)17)16(11-18)19-14-6-4-2-3-5-7-14/h8-10,14,16,19H,2-7H2,1H3. The van der Waals surface area contributed by atoms with Crippen molar-refractivity contribution >= 4 is 0 Å². The molecule has 0 aliphatic heterocycles. The maximum absolute atomic E-state index is 13.3. The molecule has 2 rings (SSSR count). The first kappa shape index (κ1) is 14.0. The molecule has 1 fully saturated rings. The Kier molecular flexibility index (Phi) is 4.93. The van der Waals surface area contributed by atoms with Gasteiger partial charge in [0, 0.05) is 6.04 Å². The van der Waals surface area contributed by atoms with E-state index in [-0.39, 0.29) is 11.9 Å². The van der Waals surface area contributed by atoms with Gasteiger partial charge in [-0.05, 0) is 37.0 Å². The highest BCUT2D eigenvalue weighted by Gasteiger charge is 2.18. The van der Waals surface area contributed by atoms with E-state index in [9.17, 15) is 9.65 Å². The van der Waals surface area contributed by atoms with Crippen LogP contribution in [0.4, 0.5) is 4.39 Å². The van der Waals surface area contributed by atoms with Gasteiger partial charge in [-0.2, -0.15) is 5.26 Å². The van der Waals surface area contributed by atoms with Crippen LogP contribution < -0.4 is 5.32 Å². The average molecular weight is 260 g/mol.